The zero-order valence-corrected chi connectivity index (χ0v) is 21.1. The SMILES string of the molecule is CC(C)(O)COc1ccc2c(C(=O)NC3CCC(Oc4ncccc4C(N)=O)CC3)cnn2c1C1CC1. The molecule has 196 valence electrons. The van der Waals surface area contributed by atoms with E-state index in [0.717, 1.165) is 49.7 Å². The summed E-state index contributed by atoms with van der Waals surface area (Å²) in [4.78, 5) is 29.0. The van der Waals surface area contributed by atoms with Gasteiger partial charge in [-0.15, -0.1) is 0 Å². The zero-order chi connectivity index (χ0) is 26.2. The number of aromatic nitrogens is 3. The third-order valence-corrected chi connectivity index (χ3v) is 6.79. The van der Waals surface area contributed by atoms with Gasteiger partial charge >= 0.3 is 0 Å². The summed E-state index contributed by atoms with van der Waals surface area (Å²) in [5.74, 6) is 0.551. The minimum Gasteiger partial charge on any atom is -0.489 e. The lowest BCUT2D eigenvalue weighted by atomic mass is 9.92. The largest absolute Gasteiger partial charge is 0.489 e. The molecular formula is C27H33N5O5. The van der Waals surface area contributed by atoms with Gasteiger partial charge in [-0.1, -0.05) is 0 Å². The van der Waals surface area contributed by atoms with Gasteiger partial charge in [0.25, 0.3) is 11.8 Å². The van der Waals surface area contributed by atoms with E-state index in [-0.39, 0.29) is 36.1 Å². The molecule has 10 heteroatoms. The number of carbonyl (C=O) groups is 2. The number of hydrogen-bond acceptors (Lipinski definition) is 7. The highest BCUT2D eigenvalue weighted by Gasteiger charge is 2.32. The number of aliphatic hydroxyl groups is 1. The molecule has 0 aromatic carbocycles. The van der Waals surface area contributed by atoms with Crippen molar-refractivity contribution in [2.24, 2.45) is 5.73 Å². The summed E-state index contributed by atoms with van der Waals surface area (Å²) >= 11 is 0. The van der Waals surface area contributed by atoms with Crippen molar-refractivity contribution in [2.45, 2.75) is 76.0 Å². The molecule has 2 saturated carbocycles. The fraction of sp³-hybridized carbons (Fsp3) is 0.481. The zero-order valence-electron chi connectivity index (χ0n) is 21.1. The summed E-state index contributed by atoms with van der Waals surface area (Å²) in [5, 5.41) is 17.7. The standard InChI is InChI=1S/C27H33N5O5/c1-27(2,35)15-36-22-12-11-21-20(14-30-32(21)23(22)16-5-6-16)25(34)31-17-7-9-18(10-8-17)37-26-19(24(28)33)4-3-13-29-26/h3-4,11-14,16-18,35H,5-10,15H2,1-2H3,(H2,28,33)(H,31,34). The molecule has 3 heterocycles. The van der Waals surface area contributed by atoms with Gasteiger partial charge in [-0.25, -0.2) is 9.50 Å². The molecule has 5 rings (SSSR count). The van der Waals surface area contributed by atoms with Crippen molar-refractivity contribution in [1.82, 2.24) is 19.9 Å². The quantitative estimate of drug-likeness (QED) is 0.404. The molecule has 2 fully saturated rings. The summed E-state index contributed by atoms with van der Waals surface area (Å²) < 4.78 is 13.7. The van der Waals surface area contributed by atoms with Crippen molar-refractivity contribution in [2.75, 3.05) is 6.61 Å². The van der Waals surface area contributed by atoms with E-state index in [1.165, 1.54) is 0 Å². The van der Waals surface area contributed by atoms with E-state index in [1.807, 2.05) is 12.1 Å². The van der Waals surface area contributed by atoms with Crippen molar-refractivity contribution >= 4 is 17.3 Å². The number of carbonyl (C=O) groups excluding carboxylic acids is 2. The molecule has 0 unspecified atom stereocenters. The van der Waals surface area contributed by atoms with Crippen LogP contribution < -0.4 is 20.5 Å². The lowest BCUT2D eigenvalue weighted by molar-refractivity contribution is 0.0279. The molecule has 0 radical (unpaired) electrons. The average molecular weight is 508 g/mol. The Labute approximate surface area is 215 Å². The van der Waals surface area contributed by atoms with Gasteiger partial charge in [0.1, 0.15) is 24.0 Å². The lowest BCUT2D eigenvalue weighted by Gasteiger charge is -2.29. The summed E-state index contributed by atoms with van der Waals surface area (Å²) in [6.07, 6.45) is 8.12. The number of pyridine rings is 2. The van der Waals surface area contributed by atoms with Crippen LogP contribution >= 0.6 is 0 Å². The van der Waals surface area contributed by atoms with E-state index >= 15 is 0 Å². The topological polar surface area (TPSA) is 141 Å². The summed E-state index contributed by atoms with van der Waals surface area (Å²) in [6.45, 7) is 3.58. The highest BCUT2D eigenvalue weighted by molar-refractivity contribution is 6.01. The minimum atomic E-state index is -0.948. The van der Waals surface area contributed by atoms with E-state index in [4.69, 9.17) is 15.2 Å². The van der Waals surface area contributed by atoms with Crippen molar-refractivity contribution < 1.29 is 24.2 Å². The van der Waals surface area contributed by atoms with Gasteiger partial charge in [0, 0.05) is 18.2 Å². The Hall–Kier alpha value is -3.66. The maximum Gasteiger partial charge on any atom is 0.255 e. The van der Waals surface area contributed by atoms with Gasteiger partial charge in [0.05, 0.1) is 28.6 Å². The molecule has 0 atom stereocenters. The van der Waals surface area contributed by atoms with Crippen LogP contribution in [0.2, 0.25) is 0 Å². The maximum absolute atomic E-state index is 13.2. The Morgan fingerprint density at radius 3 is 2.57 bits per heavy atom. The summed E-state index contributed by atoms with van der Waals surface area (Å²) in [7, 11) is 0. The molecule has 37 heavy (non-hydrogen) atoms. The fourth-order valence-corrected chi connectivity index (χ4v) is 4.76. The number of nitrogens with two attached hydrogens (primary N) is 1. The molecule has 0 aliphatic heterocycles. The average Bonchev–Trinajstić information content (AvgIpc) is 3.61. The first kappa shape index (κ1) is 25.0. The van der Waals surface area contributed by atoms with Crippen LogP contribution in [0.4, 0.5) is 0 Å². The van der Waals surface area contributed by atoms with E-state index in [9.17, 15) is 14.7 Å². The van der Waals surface area contributed by atoms with E-state index in [1.54, 1.807) is 42.9 Å². The molecule has 2 amide bonds. The first-order valence-corrected chi connectivity index (χ1v) is 12.8. The molecule has 0 saturated heterocycles. The Kier molecular flexibility index (Phi) is 6.76. The third kappa shape index (κ3) is 5.69. The van der Waals surface area contributed by atoms with Crippen molar-refractivity contribution in [3.05, 3.63) is 53.5 Å². The summed E-state index contributed by atoms with van der Waals surface area (Å²) in [5.41, 5.74) is 6.95. The molecule has 3 aromatic heterocycles. The van der Waals surface area contributed by atoms with Gasteiger partial charge in [0.2, 0.25) is 5.88 Å². The second kappa shape index (κ2) is 10.0. The Balaban J connectivity index is 1.23. The highest BCUT2D eigenvalue weighted by atomic mass is 16.5. The van der Waals surface area contributed by atoms with Crippen molar-refractivity contribution in [1.29, 1.82) is 0 Å². The predicted molar refractivity (Wildman–Crippen MR) is 136 cm³/mol. The van der Waals surface area contributed by atoms with E-state index in [2.05, 4.69) is 15.4 Å². The van der Waals surface area contributed by atoms with Crippen molar-refractivity contribution in [3.63, 3.8) is 0 Å². The Morgan fingerprint density at radius 2 is 1.89 bits per heavy atom. The fourth-order valence-electron chi connectivity index (χ4n) is 4.76. The number of rotatable bonds is 9. The second-order valence-corrected chi connectivity index (χ2v) is 10.6. The number of primary amides is 1. The van der Waals surface area contributed by atoms with Crippen LogP contribution in [0.25, 0.3) is 5.52 Å². The van der Waals surface area contributed by atoms with Crippen LogP contribution in [0, 0.1) is 0 Å². The van der Waals surface area contributed by atoms with E-state index < -0.39 is 11.5 Å². The highest BCUT2D eigenvalue weighted by Crippen LogP contribution is 2.44. The van der Waals surface area contributed by atoms with Crippen LogP contribution in [0.5, 0.6) is 11.6 Å². The predicted octanol–water partition coefficient (Wildman–Crippen LogP) is 2.98. The molecule has 4 N–H and O–H groups in total. The maximum atomic E-state index is 13.2. The molecule has 0 bridgehead atoms. The lowest BCUT2D eigenvalue weighted by Crippen LogP contribution is -2.39. The van der Waals surface area contributed by atoms with Gasteiger partial charge in [-0.05, 0) is 76.6 Å². The first-order valence-electron chi connectivity index (χ1n) is 12.8. The van der Waals surface area contributed by atoms with Gasteiger partial charge < -0.3 is 25.6 Å². The molecule has 2 aliphatic carbocycles. The second-order valence-electron chi connectivity index (χ2n) is 10.6. The number of hydrogen-bond donors (Lipinski definition) is 3. The smallest absolute Gasteiger partial charge is 0.255 e. The van der Waals surface area contributed by atoms with Gasteiger partial charge in [-0.2, -0.15) is 5.10 Å². The number of fused-ring (bicyclic) bond motifs is 1. The third-order valence-electron chi connectivity index (χ3n) is 6.79. The minimum absolute atomic E-state index is 0.0129. The van der Waals surface area contributed by atoms with Gasteiger partial charge in [-0.3, -0.25) is 9.59 Å². The summed E-state index contributed by atoms with van der Waals surface area (Å²) in [6, 6.07) is 6.98. The van der Waals surface area contributed by atoms with Crippen LogP contribution in [-0.2, 0) is 0 Å². The Bertz CT molecular complexity index is 1300. The number of amides is 2. The number of nitrogens with one attached hydrogen (secondary N) is 1. The molecule has 3 aromatic rings. The molecular weight excluding hydrogens is 474 g/mol. The molecule has 10 nitrogen and oxygen atoms in total. The van der Waals surface area contributed by atoms with Crippen molar-refractivity contribution in [3.8, 4) is 11.6 Å². The van der Waals surface area contributed by atoms with Crippen LogP contribution in [-0.4, -0.2) is 55.9 Å². The monoisotopic (exact) mass is 507 g/mol. The molecule has 0 spiro atoms. The van der Waals surface area contributed by atoms with Gasteiger partial charge in [0.15, 0.2) is 0 Å². The molecule has 2 aliphatic rings. The van der Waals surface area contributed by atoms with Crippen LogP contribution in [0.15, 0.2) is 36.7 Å². The van der Waals surface area contributed by atoms with Crippen LogP contribution in [0.3, 0.4) is 0 Å². The normalized spacial score (nSPS) is 20.0. The number of nitrogens with zero attached hydrogens (tertiary/aromatic N) is 3. The Morgan fingerprint density at radius 1 is 1.14 bits per heavy atom. The number of ether oxygens (including phenoxy) is 2. The first-order chi connectivity index (χ1) is 17.7. The van der Waals surface area contributed by atoms with E-state index in [0.29, 0.717) is 17.2 Å². The van der Waals surface area contributed by atoms with Crippen LogP contribution in [0.1, 0.15) is 84.7 Å².